The SMILES string of the molecule is CC(=O)CNC(=O)c1cc(C)c(F)cc1F. The fourth-order valence-corrected chi connectivity index (χ4v) is 1.13. The molecule has 1 amide bonds. The maximum Gasteiger partial charge on any atom is 0.254 e. The maximum absolute atomic E-state index is 13.2. The van der Waals surface area contributed by atoms with Gasteiger partial charge in [-0.15, -0.1) is 0 Å². The van der Waals surface area contributed by atoms with Gasteiger partial charge in [-0.05, 0) is 25.5 Å². The van der Waals surface area contributed by atoms with E-state index in [1.807, 2.05) is 0 Å². The van der Waals surface area contributed by atoms with E-state index in [0.717, 1.165) is 6.07 Å². The van der Waals surface area contributed by atoms with Gasteiger partial charge in [0.1, 0.15) is 17.4 Å². The van der Waals surface area contributed by atoms with E-state index in [4.69, 9.17) is 0 Å². The third-order valence-electron chi connectivity index (χ3n) is 1.99. The Hall–Kier alpha value is -1.78. The predicted octanol–water partition coefficient (Wildman–Crippen LogP) is 1.59. The summed E-state index contributed by atoms with van der Waals surface area (Å²) in [5.41, 5.74) is -0.0884. The number of rotatable bonds is 3. The van der Waals surface area contributed by atoms with Gasteiger partial charge in [-0.1, -0.05) is 0 Å². The summed E-state index contributed by atoms with van der Waals surface area (Å²) in [5.74, 6) is -2.62. The van der Waals surface area contributed by atoms with Crippen molar-refractivity contribution in [2.75, 3.05) is 6.54 Å². The normalized spacial score (nSPS) is 10.0. The first-order chi connectivity index (χ1) is 7.41. The number of hydrogen-bond acceptors (Lipinski definition) is 2. The Kier molecular flexibility index (Phi) is 3.71. The van der Waals surface area contributed by atoms with Crippen molar-refractivity contribution in [3.63, 3.8) is 0 Å². The second-order valence-electron chi connectivity index (χ2n) is 3.47. The third-order valence-corrected chi connectivity index (χ3v) is 1.99. The third kappa shape index (κ3) is 2.85. The number of aryl methyl sites for hydroxylation is 1. The monoisotopic (exact) mass is 227 g/mol. The molecule has 16 heavy (non-hydrogen) atoms. The van der Waals surface area contributed by atoms with Crippen LogP contribution in [-0.2, 0) is 4.79 Å². The van der Waals surface area contributed by atoms with Gasteiger partial charge >= 0.3 is 0 Å². The Morgan fingerprint density at radius 2 is 1.88 bits per heavy atom. The second kappa shape index (κ2) is 4.83. The molecule has 1 aromatic rings. The van der Waals surface area contributed by atoms with E-state index in [9.17, 15) is 18.4 Å². The summed E-state index contributed by atoms with van der Waals surface area (Å²) in [6, 6.07) is 1.76. The molecule has 0 saturated carbocycles. The highest BCUT2D eigenvalue weighted by Gasteiger charge is 2.14. The van der Waals surface area contributed by atoms with Gasteiger partial charge in [0.15, 0.2) is 0 Å². The lowest BCUT2D eigenvalue weighted by molar-refractivity contribution is -0.116. The van der Waals surface area contributed by atoms with E-state index in [1.165, 1.54) is 13.8 Å². The van der Waals surface area contributed by atoms with Crippen LogP contribution in [0.3, 0.4) is 0 Å². The van der Waals surface area contributed by atoms with Crippen LogP contribution in [-0.4, -0.2) is 18.2 Å². The molecule has 0 spiro atoms. The summed E-state index contributed by atoms with van der Waals surface area (Å²) in [7, 11) is 0. The molecule has 0 unspecified atom stereocenters. The molecule has 0 aliphatic rings. The topological polar surface area (TPSA) is 46.2 Å². The van der Waals surface area contributed by atoms with Crippen LogP contribution in [0.2, 0.25) is 0 Å². The number of nitrogens with one attached hydrogen (secondary N) is 1. The Morgan fingerprint density at radius 1 is 1.25 bits per heavy atom. The summed E-state index contributed by atoms with van der Waals surface area (Å²) in [5, 5.41) is 2.23. The van der Waals surface area contributed by atoms with Gasteiger partial charge in [0, 0.05) is 6.07 Å². The molecule has 0 aliphatic carbocycles. The molecule has 0 heterocycles. The van der Waals surface area contributed by atoms with Gasteiger partial charge in [0.2, 0.25) is 0 Å². The quantitative estimate of drug-likeness (QED) is 0.852. The lowest BCUT2D eigenvalue weighted by Gasteiger charge is -2.05. The minimum atomic E-state index is -0.941. The van der Waals surface area contributed by atoms with Gasteiger partial charge < -0.3 is 5.32 Å². The van der Waals surface area contributed by atoms with E-state index < -0.39 is 17.5 Å². The number of Topliss-reactive ketones (excluding diaryl/α,β-unsaturated/α-hetero) is 1. The number of carbonyl (C=O) groups excluding carboxylic acids is 2. The molecular formula is C11H11F2NO2. The summed E-state index contributed by atoms with van der Waals surface area (Å²) in [4.78, 5) is 22.0. The lowest BCUT2D eigenvalue weighted by atomic mass is 10.1. The van der Waals surface area contributed by atoms with Gasteiger partial charge in [-0.3, -0.25) is 9.59 Å². The van der Waals surface area contributed by atoms with Crippen molar-refractivity contribution in [2.45, 2.75) is 13.8 Å². The Balaban J connectivity index is 2.91. The average Bonchev–Trinajstić information content (AvgIpc) is 2.20. The van der Waals surface area contributed by atoms with Crippen LogP contribution in [0.5, 0.6) is 0 Å². The number of benzene rings is 1. The van der Waals surface area contributed by atoms with Gasteiger partial charge in [0.25, 0.3) is 5.91 Å². The molecule has 3 nitrogen and oxygen atoms in total. The first-order valence-electron chi connectivity index (χ1n) is 4.65. The molecule has 0 radical (unpaired) electrons. The van der Waals surface area contributed by atoms with Crippen LogP contribution >= 0.6 is 0 Å². The van der Waals surface area contributed by atoms with Crippen LogP contribution in [0.25, 0.3) is 0 Å². The molecule has 1 rings (SSSR count). The fourth-order valence-electron chi connectivity index (χ4n) is 1.13. The van der Waals surface area contributed by atoms with E-state index >= 15 is 0 Å². The predicted molar refractivity (Wildman–Crippen MR) is 54.1 cm³/mol. The van der Waals surface area contributed by atoms with Gasteiger partial charge in [-0.25, -0.2) is 8.78 Å². The number of amides is 1. The molecule has 0 aromatic heterocycles. The van der Waals surface area contributed by atoms with Crippen LogP contribution < -0.4 is 5.32 Å². The molecular weight excluding hydrogens is 216 g/mol. The Labute approximate surface area is 91.5 Å². The summed E-state index contributed by atoms with van der Waals surface area (Å²) in [6.45, 7) is 2.55. The van der Waals surface area contributed by atoms with Crippen molar-refractivity contribution in [1.29, 1.82) is 0 Å². The Morgan fingerprint density at radius 3 is 2.44 bits per heavy atom. The fraction of sp³-hybridized carbons (Fsp3) is 0.273. The second-order valence-corrected chi connectivity index (χ2v) is 3.47. The van der Waals surface area contributed by atoms with Crippen LogP contribution in [0, 0.1) is 18.6 Å². The highest BCUT2D eigenvalue weighted by molar-refractivity contribution is 5.96. The molecule has 1 aromatic carbocycles. The van der Waals surface area contributed by atoms with Crippen molar-refractivity contribution in [3.05, 3.63) is 34.9 Å². The lowest BCUT2D eigenvalue weighted by Crippen LogP contribution is -2.29. The number of carbonyl (C=O) groups is 2. The zero-order chi connectivity index (χ0) is 12.3. The largest absolute Gasteiger partial charge is 0.345 e. The zero-order valence-corrected chi connectivity index (χ0v) is 8.93. The van der Waals surface area contributed by atoms with E-state index in [1.54, 1.807) is 0 Å². The molecule has 0 bridgehead atoms. The molecule has 1 N–H and O–H groups in total. The van der Waals surface area contributed by atoms with Gasteiger partial charge in [0.05, 0.1) is 12.1 Å². The molecule has 0 fully saturated rings. The van der Waals surface area contributed by atoms with E-state index in [-0.39, 0.29) is 23.5 Å². The van der Waals surface area contributed by atoms with Crippen molar-refractivity contribution in [3.8, 4) is 0 Å². The van der Waals surface area contributed by atoms with Crippen LogP contribution in [0.15, 0.2) is 12.1 Å². The zero-order valence-electron chi connectivity index (χ0n) is 8.93. The number of hydrogen-bond donors (Lipinski definition) is 1. The maximum atomic E-state index is 13.2. The van der Waals surface area contributed by atoms with Gasteiger partial charge in [-0.2, -0.15) is 0 Å². The minimum absolute atomic E-state index is 0.172. The highest BCUT2D eigenvalue weighted by atomic mass is 19.1. The van der Waals surface area contributed by atoms with Crippen molar-refractivity contribution in [1.82, 2.24) is 5.32 Å². The Bertz CT molecular complexity index is 444. The van der Waals surface area contributed by atoms with Crippen molar-refractivity contribution >= 4 is 11.7 Å². The highest BCUT2D eigenvalue weighted by Crippen LogP contribution is 2.13. The summed E-state index contributed by atoms with van der Waals surface area (Å²) in [6.07, 6.45) is 0. The molecule has 0 saturated heterocycles. The van der Waals surface area contributed by atoms with E-state index in [2.05, 4.69) is 5.32 Å². The van der Waals surface area contributed by atoms with Crippen molar-refractivity contribution in [2.24, 2.45) is 0 Å². The molecule has 5 heteroatoms. The van der Waals surface area contributed by atoms with Crippen LogP contribution in [0.4, 0.5) is 8.78 Å². The van der Waals surface area contributed by atoms with Crippen LogP contribution in [0.1, 0.15) is 22.8 Å². The first kappa shape index (κ1) is 12.3. The standard InChI is InChI=1S/C11H11F2NO2/c1-6-3-8(10(13)4-9(6)12)11(16)14-5-7(2)15/h3-4H,5H2,1-2H3,(H,14,16). The average molecular weight is 227 g/mol. The number of halogens is 2. The summed E-state index contributed by atoms with van der Waals surface area (Å²) < 4.78 is 26.1. The van der Waals surface area contributed by atoms with E-state index in [0.29, 0.717) is 6.07 Å². The number of ketones is 1. The molecule has 0 atom stereocenters. The minimum Gasteiger partial charge on any atom is -0.345 e. The molecule has 0 aliphatic heterocycles. The van der Waals surface area contributed by atoms with Crippen molar-refractivity contribution < 1.29 is 18.4 Å². The molecule has 86 valence electrons. The smallest absolute Gasteiger partial charge is 0.254 e. The first-order valence-corrected chi connectivity index (χ1v) is 4.65. The summed E-state index contributed by atoms with van der Waals surface area (Å²) >= 11 is 0.